The number of hydrogen-bond donors (Lipinski definition) is 0. The van der Waals surface area contributed by atoms with Gasteiger partial charge >= 0.3 is 6.18 Å². The smallest absolute Gasteiger partial charge is 0.372 e. The van der Waals surface area contributed by atoms with E-state index in [2.05, 4.69) is 14.7 Å². The number of nitrogens with zero attached hydrogens (tertiary/aromatic N) is 4. The summed E-state index contributed by atoms with van der Waals surface area (Å²) in [6.07, 6.45) is -3.42. The SMILES string of the molecule is Cc1nn(-c2ccccc2)c(C)c1CC(=O)N1CCN(CCCOCC(F)(F)F)CC1. The van der Waals surface area contributed by atoms with Gasteiger partial charge in [0.15, 0.2) is 0 Å². The lowest BCUT2D eigenvalue weighted by atomic mass is 10.1. The summed E-state index contributed by atoms with van der Waals surface area (Å²) in [5.74, 6) is 0.0759. The summed E-state index contributed by atoms with van der Waals surface area (Å²) in [7, 11) is 0. The van der Waals surface area contributed by atoms with Gasteiger partial charge in [0.2, 0.25) is 5.91 Å². The van der Waals surface area contributed by atoms with Gasteiger partial charge in [-0.05, 0) is 32.4 Å². The lowest BCUT2D eigenvalue weighted by Gasteiger charge is -2.34. The molecule has 1 aliphatic heterocycles. The maximum absolute atomic E-state index is 12.9. The Morgan fingerprint density at radius 1 is 1.10 bits per heavy atom. The number of carbonyl (C=O) groups is 1. The van der Waals surface area contributed by atoms with Gasteiger partial charge in [0, 0.05) is 50.6 Å². The molecule has 0 spiro atoms. The molecule has 2 aromatic rings. The minimum Gasteiger partial charge on any atom is -0.372 e. The first-order valence-electron chi connectivity index (χ1n) is 10.5. The number of carbonyl (C=O) groups excluding carboxylic acids is 1. The Bertz CT molecular complexity index is 860. The standard InChI is InChI=1S/C22H29F3N4O2/c1-17-20(18(2)29(26-17)19-7-4-3-5-8-19)15-21(30)28-12-10-27(11-13-28)9-6-14-31-16-22(23,24)25/h3-5,7-8H,6,9-16H2,1-2H3. The molecule has 0 unspecified atom stereocenters. The monoisotopic (exact) mass is 438 g/mol. The molecule has 1 amide bonds. The maximum atomic E-state index is 12.9. The second-order valence-corrected chi connectivity index (χ2v) is 7.82. The molecule has 1 aromatic carbocycles. The molecule has 9 heteroatoms. The lowest BCUT2D eigenvalue weighted by Crippen LogP contribution is -2.49. The number of aromatic nitrogens is 2. The van der Waals surface area contributed by atoms with Gasteiger partial charge in [-0.15, -0.1) is 0 Å². The minimum absolute atomic E-state index is 0.0759. The highest BCUT2D eigenvalue weighted by atomic mass is 19.4. The van der Waals surface area contributed by atoms with E-state index in [1.54, 1.807) is 0 Å². The van der Waals surface area contributed by atoms with E-state index in [0.717, 1.165) is 22.6 Å². The van der Waals surface area contributed by atoms with Crippen LogP contribution in [0.2, 0.25) is 0 Å². The Labute approximate surface area is 180 Å². The number of aryl methyl sites for hydroxylation is 1. The third-order valence-corrected chi connectivity index (χ3v) is 5.52. The average Bonchev–Trinajstić information content (AvgIpc) is 3.02. The second-order valence-electron chi connectivity index (χ2n) is 7.82. The third kappa shape index (κ3) is 6.54. The number of hydrogen-bond acceptors (Lipinski definition) is 4. The van der Waals surface area contributed by atoms with E-state index in [1.165, 1.54) is 0 Å². The van der Waals surface area contributed by atoms with Crippen LogP contribution in [-0.2, 0) is 16.0 Å². The number of alkyl halides is 3. The van der Waals surface area contributed by atoms with Crippen LogP contribution < -0.4 is 0 Å². The second kappa shape index (κ2) is 10.3. The summed E-state index contributed by atoms with van der Waals surface area (Å²) in [6, 6.07) is 9.84. The topological polar surface area (TPSA) is 50.6 Å². The summed E-state index contributed by atoms with van der Waals surface area (Å²) in [5.41, 5.74) is 3.74. The molecule has 2 heterocycles. The summed E-state index contributed by atoms with van der Waals surface area (Å²) >= 11 is 0. The fourth-order valence-electron chi connectivity index (χ4n) is 3.81. The molecular weight excluding hydrogens is 409 g/mol. The Hall–Kier alpha value is -2.39. The van der Waals surface area contributed by atoms with Crippen molar-refractivity contribution in [2.24, 2.45) is 0 Å². The molecular formula is C22H29F3N4O2. The summed E-state index contributed by atoms with van der Waals surface area (Å²) < 4.78 is 42.7. The van der Waals surface area contributed by atoms with Gasteiger partial charge in [0.05, 0.1) is 17.8 Å². The average molecular weight is 438 g/mol. The van der Waals surface area contributed by atoms with Gasteiger partial charge in [0.25, 0.3) is 0 Å². The summed E-state index contributed by atoms with van der Waals surface area (Å²) in [4.78, 5) is 16.9. The molecule has 1 fully saturated rings. The van der Waals surface area contributed by atoms with Crippen molar-refractivity contribution in [2.75, 3.05) is 45.9 Å². The van der Waals surface area contributed by atoms with Gasteiger partial charge in [-0.25, -0.2) is 4.68 Å². The minimum atomic E-state index is -4.28. The fourth-order valence-corrected chi connectivity index (χ4v) is 3.81. The van der Waals surface area contributed by atoms with Crippen LogP contribution in [0.15, 0.2) is 30.3 Å². The first-order chi connectivity index (χ1) is 14.7. The van der Waals surface area contributed by atoms with Crippen LogP contribution in [0.5, 0.6) is 0 Å². The Morgan fingerprint density at radius 2 is 1.77 bits per heavy atom. The van der Waals surface area contributed by atoms with Crippen molar-refractivity contribution in [3.05, 3.63) is 47.3 Å². The molecule has 170 valence electrons. The van der Waals surface area contributed by atoms with Gasteiger partial charge in [-0.2, -0.15) is 18.3 Å². The Kier molecular flexibility index (Phi) is 7.72. The number of ether oxygens (including phenoxy) is 1. The van der Waals surface area contributed by atoms with Gasteiger partial charge < -0.3 is 9.64 Å². The quantitative estimate of drug-likeness (QED) is 0.595. The van der Waals surface area contributed by atoms with E-state index in [9.17, 15) is 18.0 Å². The molecule has 31 heavy (non-hydrogen) atoms. The zero-order valence-corrected chi connectivity index (χ0v) is 18.0. The van der Waals surface area contributed by atoms with Crippen molar-refractivity contribution in [3.63, 3.8) is 0 Å². The van der Waals surface area contributed by atoms with Crippen molar-refractivity contribution in [3.8, 4) is 5.69 Å². The zero-order chi connectivity index (χ0) is 22.4. The predicted molar refractivity (Wildman–Crippen MR) is 111 cm³/mol. The van der Waals surface area contributed by atoms with Crippen molar-refractivity contribution in [1.29, 1.82) is 0 Å². The van der Waals surface area contributed by atoms with Crippen LogP contribution in [0.4, 0.5) is 13.2 Å². The first-order valence-corrected chi connectivity index (χ1v) is 10.5. The number of piperazine rings is 1. The van der Waals surface area contributed by atoms with Crippen LogP contribution >= 0.6 is 0 Å². The highest BCUT2D eigenvalue weighted by Gasteiger charge is 2.27. The lowest BCUT2D eigenvalue weighted by molar-refractivity contribution is -0.174. The van der Waals surface area contributed by atoms with Gasteiger partial charge in [-0.1, -0.05) is 18.2 Å². The van der Waals surface area contributed by atoms with Crippen LogP contribution in [0.3, 0.4) is 0 Å². The normalized spacial score (nSPS) is 15.5. The summed E-state index contributed by atoms with van der Waals surface area (Å²) in [6.45, 7) is 6.13. The molecule has 1 aromatic heterocycles. The molecule has 0 atom stereocenters. The molecule has 0 saturated carbocycles. The van der Waals surface area contributed by atoms with Crippen LogP contribution in [-0.4, -0.2) is 77.6 Å². The van der Waals surface area contributed by atoms with Crippen molar-refractivity contribution in [1.82, 2.24) is 19.6 Å². The van der Waals surface area contributed by atoms with Crippen molar-refractivity contribution in [2.45, 2.75) is 32.9 Å². The van der Waals surface area contributed by atoms with E-state index < -0.39 is 12.8 Å². The first kappa shape index (κ1) is 23.3. The third-order valence-electron chi connectivity index (χ3n) is 5.52. The largest absolute Gasteiger partial charge is 0.411 e. The molecule has 0 aliphatic carbocycles. The van der Waals surface area contributed by atoms with E-state index in [0.29, 0.717) is 45.6 Å². The number of rotatable bonds is 8. The molecule has 0 N–H and O–H groups in total. The number of benzene rings is 1. The van der Waals surface area contributed by atoms with Crippen LogP contribution in [0.1, 0.15) is 23.4 Å². The van der Waals surface area contributed by atoms with Crippen LogP contribution in [0, 0.1) is 13.8 Å². The van der Waals surface area contributed by atoms with Crippen molar-refractivity contribution < 1.29 is 22.7 Å². The molecule has 1 saturated heterocycles. The highest BCUT2D eigenvalue weighted by molar-refractivity contribution is 5.79. The predicted octanol–water partition coefficient (Wildman–Crippen LogP) is 3.14. The molecule has 3 rings (SSSR count). The zero-order valence-electron chi connectivity index (χ0n) is 18.0. The maximum Gasteiger partial charge on any atom is 0.411 e. The Morgan fingerprint density at radius 3 is 2.42 bits per heavy atom. The fraction of sp³-hybridized carbons (Fsp3) is 0.545. The molecule has 1 aliphatic rings. The van der Waals surface area contributed by atoms with Crippen molar-refractivity contribution >= 4 is 5.91 Å². The van der Waals surface area contributed by atoms with Gasteiger partial charge in [0.1, 0.15) is 6.61 Å². The Balaban J connectivity index is 1.46. The summed E-state index contributed by atoms with van der Waals surface area (Å²) in [5, 5.41) is 4.61. The number of halogens is 3. The molecule has 6 nitrogen and oxygen atoms in total. The van der Waals surface area contributed by atoms with Crippen LogP contribution in [0.25, 0.3) is 5.69 Å². The van der Waals surface area contributed by atoms with E-state index in [4.69, 9.17) is 0 Å². The highest BCUT2D eigenvalue weighted by Crippen LogP contribution is 2.19. The van der Waals surface area contributed by atoms with E-state index in [1.807, 2.05) is 53.8 Å². The van der Waals surface area contributed by atoms with E-state index in [-0.39, 0.29) is 12.5 Å². The van der Waals surface area contributed by atoms with E-state index >= 15 is 0 Å². The molecule has 0 radical (unpaired) electrons. The molecule has 0 bridgehead atoms. The number of para-hydroxylation sites is 1. The van der Waals surface area contributed by atoms with Gasteiger partial charge in [-0.3, -0.25) is 9.69 Å². The number of amides is 1.